The van der Waals surface area contributed by atoms with Crippen molar-refractivity contribution in [3.8, 4) is 0 Å². The fourth-order valence-electron chi connectivity index (χ4n) is 7.48. The summed E-state index contributed by atoms with van der Waals surface area (Å²) in [5.41, 5.74) is 4.32. The van der Waals surface area contributed by atoms with Crippen LogP contribution in [0.1, 0.15) is 48.9 Å². The largest absolute Gasteiger partial charge is 0.298 e. The molecule has 1 saturated heterocycles. The molecule has 0 radical (unpaired) electrons. The first kappa shape index (κ1) is 23.6. The Hall–Kier alpha value is -3.79. The van der Waals surface area contributed by atoms with E-state index in [4.69, 9.17) is 0 Å². The number of carbonyl (C=O) groups is 3. The zero-order valence-corrected chi connectivity index (χ0v) is 21.7. The predicted molar refractivity (Wildman–Crippen MR) is 146 cm³/mol. The zero-order chi connectivity index (χ0) is 26.1. The second kappa shape index (κ2) is 8.11. The molecule has 4 nitrogen and oxygen atoms in total. The lowest BCUT2D eigenvalue weighted by Crippen LogP contribution is -2.41. The van der Waals surface area contributed by atoms with E-state index >= 15 is 0 Å². The number of anilines is 1. The van der Waals surface area contributed by atoms with Gasteiger partial charge >= 0.3 is 0 Å². The van der Waals surface area contributed by atoms with Crippen LogP contribution in [-0.2, 0) is 14.4 Å². The number of allylic oxidation sites excluding steroid dienone is 2. The molecule has 2 bridgehead atoms. The Balaban J connectivity index is 1.65. The van der Waals surface area contributed by atoms with Crippen LogP contribution in [0.5, 0.6) is 0 Å². The van der Waals surface area contributed by atoms with Crippen LogP contribution in [-0.4, -0.2) is 17.6 Å². The third kappa shape index (κ3) is 2.87. The molecule has 4 heteroatoms. The molecule has 6 rings (SSSR count). The van der Waals surface area contributed by atoms with Crippen LogP contribution in [0.2, 0.25) is 0 Å². The number of imide groups is 1. The smallest absolute Gasteiger partial charge is 0.239 e. The van der Waals surface area contributed by atoms with Gasteiger partial charge in [0.15, 0.2) is 5.78 Å². The molecule has 0 N–H and O–H groups in total. The Bertz CT molecular complexity index is 1490. The van der Waals surface area contributed by atoms with Crippen molar-refractivity contribution in [1.29, 1.82) is 0 Å². The molecule has 1 heterocycles. The second-order valence-corrected chi connectivity index (χ2v) is 11.0. The monoisotopic (exact) mass is 489 g/mol. The highest BCUT2D eigenvalue weighted by atomic mass is 16.2. The molecule has 3 aliphatic rings. The predicted octanol–water partition coefficient (Wildman–Crippen LogP) is 6.41. The summed E-state index contributed by atoms with van der Waals surface area (Å²) < 4.78 is 0. The van der Waals surface area contributed by atoms with Crippen molar-refractivity contribution >= 4 is 34.4 Å². The maximum atomic E-state index is 14.7. The van der Waals surface area contributed by atoms with Crippen LogP contribution in [0.15, 0.2) is 78.9 Å². The standard InChI is InChI=1S/C33H31NO3/c1-5-18-33-26(23-14-10-7-11-15-23)25(22-12-8-6-9-13-22)32(4,31(33)37)27-28(33)30(36)34(29(27)35)24-17-16-20(2)21(3)19-24/h6-17,19,27-28H,5,18H2,1-4H3/t27-,28-,32+,33-/m1/s1. The number of fused-ring (bicyclic) bond motifs is 5. The van der Waals surface area contributed by atoms with E-state index in [-0.39, 0.29) is 17.6 Å². The van der Waals surface area contributed by atoms with Gasteiger partial charge in [0, 0.05) is 0 Å². The SMILES string of the molecule is CCC[C@@]12C(=O)[C@@](C)(C(c3ccccc3)=C1c1ccccc1)[C@H]1C(=O)N(c3ccc(C)c(C)c3)C(=O)[C@@H]12. The van der Waals surface area contributed by atoms with Crippen molar-refractivity contribution in [2.45, 2.75) is 40.5 Å². The first-order valence-electron chi connectivity index (χ1n) is 13.1. The van der Waals surface area contributed by atoms with E-state index in [0.29, 0.717) is 12.1 Å². The first-order chi connectivity index (χ1) is 17.8. The van der Waals surface area contributed by atoms with Gasteiger partial charge in [-0.2, -0.15) is 0 Å². The van der Waals surface area contributed by atoms with E-state index in [1.54, 1.807) is 0 Å². The van der Waals surface area contributed by atoms with Crippen molar-refractivity contribution < 1.29 is 14.4 Å². The van der Waals surface area contributed by atoms with E-state index in [9.17, 15) is 14.4 Å². The van der Waals surface area contributed by atoms with E-state index < -0.39 is 22.7 Å². The molecule has 2 amide bonds. The number of amides is 2. The van der Waals surface area contributed by atoms with Crippen molar-refractivity contribution in [3.63, 3.8) is 0 Å². The zero-order valence-electron chi connectivity index (χ0n) is 21.7. The average Bonchev–Trinajstić information content (AvgIpc) is 3.37. The van der Waals surface area contributed by atoms with Gasteiger partial charge in [0.1, 0.15) is 0 Å². The molecular weight excluding hydrogens is 458 g/mol. The molecule has 0 aromatic heterocycles. The lowest BCUT2D eigenvalue weighted by molar-refractivity contribution is -0.134. The Morgan fingerprint density at radius 2 is 1.30 bits per heavy atom. The quantitative estimate of drug-likeness (QED) is 0.389. The highest BCUT2D eigenvalue weighted by molar-refractivity contribution is 6.34. The van der Waals surface area contributed by atoms with Crippen molar-refractivity contribution in [3.05, 3.63) is 101 Å². The van der Waals surface area contributed by atoms with Gasteiger partial charge in [0.05, 0.1) is 28.4 Å². The summed E-state index contributed by atoms with van der Waals surface area (Å²) in [6.07, 6.45) is 1.26. The molecule has 0 spiro atoms. The molecule has 0 unspecified atom stereocenters. The molecule has 1 aliphatic heterocycles. The Kier molecular flexibility index (Phi) is 5.17. The van der Waals surface area contributed by atoms with Crippen LogP contribution in [0.3, 0.4) is 0 Å². The van der Waals surface area contributed by atoms with E-state index in [1.807, 2.05) is 99.6 Å². The summed E-state index contributed by atoms with van der Waals surface area (Å²) in [5, 5.41) is 0. The van der Waals surface area contributed by atoms with Gasteiger partial charge in [-0.15, -0.1) is 0 Å². The average molecular weight is 490 g/mol. The summed E-state index contributed by atoms with van der Waals surface area (Å²) in [6.45, 7) is 7.97. The summed E-state index contributed by atoms with van der Waals surface area (Å²) in [7, 11) is 0. The third-order valence-electron chi connectivity index (χ3n) is 9.07. The van der Waals surface area contributed by atoms with Crippen molar-refractivity contribution in [1.82, 2.24) is 0 Å². The number of carbonyl (C=O) groups excluding carboxylic acids is 3. The number of Topliss-reactive ketones (excluding diaryl/α,β-unsaturated/α-hetero) is 1. The molecule has 37 heavy (non-hydrogen) atoms. The summed E-state index contributed by atoms with van der Waals surface area (Å²) in [4.78, 5) is 44.6. The Morgan fingerprint density at radius 3 is 1.86 bits per heavy atom. The number of nitrogens with zero attached hydrogens (tertiary/aromatic N) is 1. The normalized spacial score (nSPS) is 28.4. The molecule has 186 valence electrons. The number of hydrogen-bond acceptors (Lipinski definition) is 3. The molecule has 3 aromatic rings. The molecule has 2 aliphatic carbocycles. The van der Waals surface area contributed by atoms with Gasteiger partial charge in [0.2, 0.25) is 11.8 Å². The number of aryl methyl sites for hydroxylation is 2. The van der Waals surface area contributed by atoms with Crippen molar-refractivity contribution in [2.24, 2.45) is 22.7 Å². The van der Waals surface area contributed by atoms with Gasteiger partial charge in [-0.3, -0.25) is 14.4 Å². The minimum Gasteiger partial charge on any atom is -0.298 e. The number of hydrogen-bond donors (Lipinski definition) is 0. The fraction of sp³-hybridized carbons (Fsp3) is 0.303. The minimum absolute atomic E-state index is 0.0241. The molecule has 4 atom stereocenters. The minimum atomic E-state index is -1.09. The van der Waals surface area contributed by atoms with E-state index in [1.165, 1.54) is 4.90 Å². The van der Waals surface area contributed by atoms with Gasteiger partial charge in [-0.05, 0) is 72.7 Å². The van der Waals surface area contributed by atoms with Gasteiger partial charge in [-0.25, -0.2) is 4.90 Å². The maximum absolute atomic E-state index is 14.7. The highest BCUT2D eigenvalue weighted by Gasteiger charge is 2.80. The lowest BCUT2D eigenvalue weighted by Gasteiger charge is -2.37. The second-order valence-electron chi connectivity index (χ2n) is 11.0. The number of rotatable bonds is 5. The summed E-state index contributed by atoms with van der Waals surface area (Å²) in [6, 6.07) is 25.6. The molecular formula is C33H31NO3. The van der Waals surface area contributed by atoms with E-state index in [2.05, 4.69) is 6.92 Å². The van der Waals surface area contributed by atoms with Crippen LogP contribution in [0.4, 0.5) is 5.69 Å². The van der Waals surface area contributed by atoms with Crippen LogP contribution >= 0.6 is 0 Å². The van der Waals surface area contributed by atoms with Gasteiger partial charge < -0.3 is 0 Å². The number of ketones is 1. The first-order valence-corrected chi connectivity index (χ1v) is 13.1. The van der Waals surface area contributed by atoms with Crippen LogP contribution in [0, 0.1) is 36.5 Å². The van der Waals surface area contributed by atoms with E-state index in [0.717, 1.165) is 39.8 Å². The molecule has 2 fully saturated rings. The van der Waals surface area contributed by atoms with Crippen molar-refractivity contribution in [2.75, 3.05) is 4.90 Å². The molecule has 3 aromatic carbocycles. The van der Waals surface area contributed by atoms with Crippen LogP contribution < -0.4 is 4.90 Å². The van der Waals surface area contributed by atoms with Crippen LogP contribution in [0.25, 0.3) is 11.1 Å². The summed E-state index contributed by atoms with van der Waals surface area (Å²) >= 11 is 0. The molecule has 1 saturated carbocycles. The third-order valence-corrected chi connectivity index (χ3v) is 9.07. The Morgan fingerprint density at radius 1 is 0.730 bits per heavy atom. The Labute approximate surface area is 218 Å². The summed E-state index contributed by atoms with van der Waals surface area (Å²) in [5.74, 6) is -1.90. The van der Waals surface area contributed by atoms with Gasteiger partial charge in [-0.1, -0.05) is 80.1 Å². The highest BCUT2D eigenvalue weighted by Crippen LogP contribution is 2.75. The number of benzene rings is 3. The topological polar surface area (TPSA) is 54.5 Å². The fourth-order valence-corrected chi connectivity index (χ4v) is 7.48. The lowest BCUT2D eigenvalue weighted by atomic mass is 9.61. The maximum Gasteiger partial charge on any atom is 0.239 e. The van der Waals surface area contributed by atoms with Gasteiger partial charge in [0.25, 0.3) is 0 Å².